The third kappa shape index (κ3) is 3.19. The van der Waals surface area contributed by atoms with Crippen molar-refractivity contribution in [2.45, 2.75) is 37.5 Å². The molecule has 2 saturated heterocycles. The molecule has 0 saturated carbocycles. The molecule has 0 aliphatic carbocycles. The van der Waals surface area contributed by atoms with Crippen molar-refractivity contribution in [3.05, 3.63) is 0 Å². The smallest absolute Gasteiger partial charge is 0.218 e. The van der Waals surface area contributed by atoms with Crippen LogP contribution in [0, 0.1) is 0 Å². The van der Waals surface area contributed by atoms with Gasteiger partial charge in [-0.25, -0.2) is 8.42 Å². The molecule has 0 aromatic heterocycles. The van der Waals surface area contributed by atoms with E-state index >= 15 is 0 Å². The Balaban J connectivity index is 2.01. The third-order valence-electron chi connectivity index (χ3n) is 3.52. The van der Waals surface area contributed by atoms with Crippen molar-refractivity contribution < 1.29 is 13.2 Å². The van der Waals surface area contributed by atoms with E-state index in [-0.39, 0.29) is 11.4 Å². The van der Waals surface area contributed by atoms with Gasteiger partial charge in [0.15, 0.2) is 0 Å². The summed E-state index contributed by atoms with van der Waals surface area (Å²) >= 11 is 0. The highest BCUT2D eigenvalue weighted by Gasteiger charge is 2.32. The van der Waals surface area contributed by atoms with Crippen LogP contribution in [0.25, 0.3) is 0 Å². The number of nitrogens with zero attached hydrogens (tertiary/aromatic N) is 1. The van der Waals surface area contributed by atoms with Crippen LogP contribution < -0.4 is 5.32 Å². The molecule has 5 nitrogen and oxygen atoms in total. The number of ether oxygens (including phenoxy) is 1. The van der Waals surface area contributed by atoms with Gasteiger partial charge in [0.2, 0.25) is 10.0 Å². The molecule has 17 heavy (non-hydrogen) atoms. The van der Waals surface area contributed by atoms with E-state index < -0.39 is 10.0 Å². The quantitative estimate of drug-likeness (QED) is 0.771. The summed E-state index contributed by atoms with van der Waals surface area (Å²) in [6.07, 6.45) is 3.31. The maximum atomic E-state index is 12.2. The minimum atomic E-state index is -3.15. The molecule has 2 aliphatic heterocycles. The zero-order valence-corrected chi connectivity index (χ0v) is 11.2. The van der Waals surface area contributed by atoms with E-state index in [9.17, 15) is 8.42 Å². The molecule has 0 spiro atoms. The first-order chi connectivity index (χ1) is 8.10. The van der Waals surface area contributed by atoms with Gasteiger partial charge in [-0.1, -0.05) is 0 Å². The van der Waals surface area contributed by atoms with Crippen LogP contribution >= 0.6 is 0 Å². The predicted molar refractivity (Wildman–Crippen MR) is 66.4 cm³/mol. The topological polar surface area (TPSA) is 58.6 Å². The van der Waals surface area contributed by atoms with Crippen LogP contribution in [-0.2, 0) is 14.8 Å². The number of sulfonamides is 1. The lowest BCUT2D eigenvalue weighted by molar-refractivity contribution is 0.00650. The van der Waals surface area contributed by atoms with E-state index in [1.54, 1.807) is 11.2 Å². The summed E-state index contributed by atoms with van der Waals surface area (Å²) < 4.78 is 31.7. The van der Waals surface area contributed by atoms with Crippen LogP contribution in [0.15, 0.2) is 0 Å². The minimum absolute atomic E-state index is 0.0869. The van der Waals surface area contributed by atoms with E-state index in [1.807, 2.05) is 0 Å². The summed E-state index contributed by atoms with van der Waals surface area (Å²) in [5.41, 5.74) is 0. The molecule has 0 aromatic carbocycles. The molecule has 2 fully saturated rings. The van der Waals surface area contributed by atoms with Crippen molar-refractivity contribution in [2.75, 3.05) is 32.8 Å². The molecule has 6 heteroatoms. The van der Waals surface area contributed by atoms with Crippen LogP contribution in [0.4, 0.5) is 0 Å². The van der Waals surface area contributed by atoms with E-state index in [0.717, 1.165) is 32.4 Å². The molecule has 0 bridgehead atoms. The highest BCUT2D eigenvalue weighted by molar-refractivity contribution is 7.89. The molecule has 2 atom stereocenters. The second-order valence-electron chi connectivity index (χ2n) is 4.91. The van der Waals surface area contributed by atoms with Gasteiger partial charge in [0, 0.05) is 32.8 Å². The zero-order chi connectivity index (χ0) is 12.3. The lowest BCUT2D eigenvalue weighted by Gasteiger charge is -2.29. The molecule has 0 aromatic rings. The lowest BCUT2D eigenvalue weighted by atomic mass is 10.1. The maximum absolute atomic E-state index is 12.2. The molecular weight excluding hydrogens is 240 g/mol. The Morgan fingerprint density at radius 1 is 1.41 bits per heavy atom. The largest absolute Gasteiger partial charge is 0.377 e. The number of nitrogens with one attached hydrogen (secondary N) is 1. The average Bonchev–Trinajstić information content (AvgIpc) is 2.44. The van der Waals surface area contributed by atoms with Crippen LogP contribution in [0.2, 0.25) is 0 Å². The summed E-state index contributed by atoms with van der Waals surface area (Å²) in [5.74, 6) is 0. The van der Waals surface area contributed by atoms with Crippen molar-refractivity contribution in [1.82, 2.24) is 9.62 Å². The van der Waals surface area contributed by atoms with E-state index in [1.165, 1.54) is 0 Å². The SMILES string of the molecule is CC1CNCCN(CC2CCCCO2)S1(=O)=O. The highest BCUT2D eigenvalue weighted by Crippen LogP contribution is 2.18. The monoisotopic (exact) mass is 262 g/mol. The number of hydrogen-bond donors (Lipinski definition) is 1. The summed E-state index contributed by atoms with van der Waals surface area (Å²) in [6.45, 7) is 4.90. The second kappa shape index (κ2) is 5.65. The van der Waals surface area contributed by atoms with Gasteiger partial charge in [-0.3, -0.25) is 0 Å². The summed E-state index contributed by atoms with van der Waals surface area (Å²) in [6, 6.07) is 0. The van der Waals surface area contributed by atoms with Gasteiger partial charge in [0.05, 0.1) is 11.4 Å². The first-order valence-corrected chi connectivity index (χ1v) is 7.92. The summed E-state index contributed by atoms with van der Waals surface area (Å²) in [7, 11) is -3.15. The fraction of sp³-hybridized carbons (Fsp3) is 1.00. The molecule has 1 N–H and O–H groups in total. The summed E-state index contributed by atoms with van der Waals surface area (Å²) in [5, 5.41) is 2.82. The van der Waals surface area contributed by atoms with Crippen LogP contribution in [0.3, 0.4) is 0 Å². The standard InChI is InChI=1S/C11H22N2O3S/c1-10-8-12-5-6-13(17(10,14)15)9-11-4-2-3-7-16-11/h10-12H,2-9H2,1H3. The molecule has 2 unspecified atom stereocenters. The normalized spacial score (nSPS) is 35.4. The Hall–Kier alpha value is -0.170. The summed E-state index contributed by atoms with van der Waals surface area (Å²) in [4.78, 5) is 0. The fourth-order valence-electron chi connectivity index (χ4n) is 2.37. The molecule has 0 amide bonds. The zero-order valence-electron chi connectivity index (χ0n) is 10.4. The van der Waals surface area contributed by atoms with Crippen molar-refractivity contribution >= 4 is 10.0 Å². The van der Waals surface area contributed by atoms with Crippen molar-refractivity contribution in [2.24, 2.45) is 0 Å². The van der Waals surface area contributed by atoms with Gasteiger partial charge in [-0.15, -0.1) is 0 Å². The first-order valence-electron chi connectivity index (χ1n) is 6.42. The molecule has 2 rings (SSSR count). The molecule has 0 radical (unpaired) electrons. The van der Waals surface area contributed by atoms with Crippen LogP contribution in [-0.4, -0.2) is 56.9 Å². The maximum Gasteiger partial charge on any atom is 0.218 e. The Bertz CT molecular complexity index is 339. The number of hydrogen-bond acceptors (Lipinski definition) is 4. The predicted octanol–water partition coefficient (Wildman–Crippen LogP) is 0.179. The van der Waals surface area contributed by atoms with Gasteiger partial charge in [-0.2, -0.15) is 4.31 Å². The van der Waals surface area contributed by atoms with Gasteiger partial charge >= 0.3 is 0 Å². The van der Waals surface area contributed by atoms with Crippen molar-refractivity contribution in [3.8, 4) is 0 Å². The molecule has 100 valence electrons. The third-order valence-corrected chi connectivity index (χ3v) is 5.75. The minimum Gasteiger partial charge on any atom is -0.377 e. The fourth-order valence-corrected chi connectivity index (χ4v) is 3.93. The van der Waals surface area contributed by atoms with E-state index in [4.69, 9.17) is 4.74 Å². The van der Waals surface area contributed by atoms with Gasteiger partial charge in [0.1, 0.15) is 0 Å². The van der Waals surface area contributed by atoms with Crippen LogP contribution in [0.5, 0.6) is 0 Å². The highest BCUT2D eigenvalue weighted by atomic mass is 32.2. The van der Waals surface area contributed by atoms with Gasteiger partial charge in [-0.05, 0) is 26.2 Å². The van der Waals surface area contributed by atoms with Crippen molar-refractivity contribution in [3.63, 3.8) is 0 Å². The van der Waals surface area contributed by atoms with Crippen LogP contribution in [0.1, 0.15) is 26.2 Å². The Labute approximate surface area is 104 Å². The molecule has 2 heterocycles. The number of rotatable bonds is 2. The Morgan fingerprint density at radius 3 is 2.94 bits per heavy atom. The average molecular weight is 262 g/mol. The van der Waals surface area contributed by atoms with E-state index in [2.05, 4.69) is 5.32 Å². The van der Waals surface area contributed by atoms with Crippen molar-refractivity contribution in [1.29, 1.82) is 0 Å². The Kier molecular flexibility index (Phi) is 4.41. The molecular formula is C11H22N2O3S. The van der Waals surface area contributed by atoms with E-state index in [0.29, 0.717) is 19.6 Å². The van der Waals surface area contributed by atoms with Gasteiger partial charge in [0.25, 0.3) is 0 Å². The van der Waals surface area contributed by atoms with Gasteiger partial charge < -0.3 is 10.1 Å². The first kappa shape index (κ1) is 13.3. The molecule has 2 aliphatic rings. The Morgan fingerprint density at radius 2 is 2.24 bits per heavy atom. The second-order valence-corrected chi connectivity index (χ2v) is 7.26. The lowest BCUT2D eigenvalue weighted by Crippen LogP contribution is -2.43.